The molecule has 1 aromatic rings. The van der Waals surface area contributed by atoms with Gasteiger partial charge in [-0.1, -0.05) is 6.07 Å². The van der Waals surface area contributed by atoms with Crippen molar-refractivity contribution >= 4 is 0 Å². The van der Waals surface area contributed by atoms with E-state index in [2.05, 4.69) is 4.90 Å². The standard InChI is InChI=1S/C16H23N3O2/c17-7-4-13-5-8-19(9-6-13)10-11-21-16-14(12-18)2-1-3-15(16)20/h1-3,13,20H,4-11,17H2. The SMILES string of the molecule is N#Cc1cccc(O)c1OCCN1CCC(CCN)CC1. The van der Waals surface area contributed by atoms with Gasteiger partial charge in [-0.2, -0.15) is 5.26 Å². The average Bonchev–Trinajstić information content (AvgIpc) is 2.51. The Morgan fingerprint density at radius 2 is 2.14 bits per heavy atom. The molecule has 1 heterocycles. The number of phenolic OH excluding ortho intramolecular Hbond substituents is 1. The summed E-state index contributed by atoms with van der Waals surface area (Å²) in [4.78, 5) is 2.36. The summed E-state index contributed by atoms with van der Waals surface area (Å²) in [7, 11) is 0. The fraction of sp³-hybridized carbons (Fsp3) is 0.562. The van der Waals surface area contributed by atoms with Crippen LogP contribution in [-0.2, 0) is 0 Å². The van der Waals surface area contributed by atoms with Gasteiger partial charge >= 0.3 is 0 Å². The number of benzene rings is 1. The van der Waals surface area contributed by atoms with Gasteiger partial charge in [-0.05, 0) is 56.9 Å². The molecular formula is C16H23N3O2. The van der Waals surface area contributed by atoms with Crippen LogP contribution in [-0.4, -0.2) is 42.8 Å². The van der Waals surface area contributed by atoms with Crippen LogP contribution >= 0.6 is 0 Å². The summed E-state index contributed by atoms with van der Waals surface area (Å²) in [6.07, 6.45) is 3.50. The molecule has 0 aliphatic carbocycles. The van der Waals surface area contributed by atoms with E-state index < -0.39 is 0 Å². The second-order valence-corrected chi connectivity index (χ2v) is 5.48. The third-order valence-electron chi connectivity index (χ3n) is 4.05. The number of nitriles is 1. The van der Waals surface area contributed by atoms with Crippen LogP contribution in [0.15, 0.2) is 18.2 Å². The Labute approximate surface area is 125 Å². The molecule has 1 aliphatic rings. The van der Waals surface area contributed by atoms with E-state index in [0.717, 1.165) is 38.5 Å². The van der Waals surface area contributed by atoms with Crippen LogP contribution in [0.2, 0.25) is 0 Å². The lowest BCUT2D eigenvalue weighted by Crippen LogP contribution is -2.36. The van der Waals surface area contributed by atoms with Crippen molar-refractivity contribution in [3.8, 4) is 17.6 Å². The van der Waals surface area contributed by atoms with Gasteiger partial charge in [0.25, 0.3) is 0 Å². The van der Waals surface area contributed by atoms with E-state index >= 15 is 0 Å². The van der Waals surface area contributed by atoms with E-state index in [1.54, 1.807) is 12.1 Å². The van der Waals surface area contributed by atoms with Gasteiger partial charge in [0.2, 0.25) is 0 Å². The Balaban J connectivity index is 1.77. The summed E-state index contributed by atoms with van der Waals surface area (Å²) in [6, 6.07) is 6.86. The highest BCUT2D eigenvalue weighted by molar-refractivity contribution is 5.51. The highest BCUT2D eigenvalue weighted by atomic mass is 16.5. The van der Waals surface area contributed by atoms with Crippen LogP contribution in [0, 0.1) is 17.2 Å². The molecule has 0 aromatic heterocycles. The van der Waals surface area contributed by atoms with Gasteiger partial charge in [0.1, 0.15) is 12.7 Å². The lowest BCUT2D eigenvalue weighted by atomic mass is 9.94. The molecule has 0 unspecified atom stereocenters. The largest absolute Gasteiger partial charge is 0.504 e. The summed E-state index contributed by atoms with van der Waals surface area (Å²) in [5, 5.41) is 18.8. The van der Waals surface area contributed by atoms with Crippen molar-refractivity contribution in [1.29, 1.82) is 5.26 Å². The first-order valence-electron chi connectivity index (χ1n) is 7.52. The quantitative estimate of drug-likeness (QED) is 0.833. The lowest BCUT2D eigenvalue weighted by molar-refractivity contribution is 0.151. The molecule has 0 bridgehead atoms. The van der Waals surface area contributed by atoms with Crippen molar-refractivity contribution in [2.75, 3.05) is 32.8 Å². The molecule has 1 aliphatic heterocycles. The minimum atomic E-state index is 0.0238. The maximum atomic E-state index is 9.75. The molecule has 0 atom stereocenters. The first kappa shape index (κ1) is 15.6. The van der Waals surface area contributed by atoms with Crippen molar-refractivity contribution < 1.29 is 9.84 Å². The Bertz CT molecular complexity index is 491. The maximum absolute atomic E-state index is 9.75. The molecule has 1 aromatic carbocycles. The fourth-order valence-electron chi connectivity index (χ4n) is 2.78. The lowest BCUT2D eigenvalue weighted by Gasteiger charge is -2.31. The first-order valence-corrected chi connectivity index (χ1v) is 7.52. The van der Waals surface area contributed by atoms with E-state index in [-0.39, 0.29) is 11.5 Å². The van der Waals surface area contributed by atoms with Crippen LogP contribution in [0.3, 0.4) is 0 Å². The van der Waals surface area contributed by atoms with Crippen molar-refractivity contribution in [3.63, 3.8) is 0 Å². The van der Waals surface area contributed by atoms with Crippen LogP contribution in [0.25, 0.3) is 0 Å². The zero-order valence-electron chi connectivity index (χ0n) is 12.3. The molecule has 5 nitrogen and oxygen atoms in total. The molecular weight excluding hydrogens is 266 g/mol. The van der Waals surface area contributed by atoms with E-state index in [4.69, 9.17) is 15.7 Å². The van der Waals surface area contributed by atoms with E-state index in [1.165, 1.54) is 18.9 Å². The average molecular weight is 289 g/mol. The molecule has 1 fully saturated rings. The third-order valence-corrected chi connectivity index (χ3v) is 4.05. The number of ether oxygens (including phenoxy) is 1. The Morgan fingerprint density at radius 3 is 2.81 bits per heavy atom. The monoisotopic (exact) mass is 289 g/mol. The Kier molecular flexibility index (Phi) is 5.85. The number of phenols is 1. The smallest absolute Gasteiger partial charge is 0.178 e. The van der Waals surface area contributed by atoms with Gasteiger partial charge < -0.3 is 15.6 Å². The number of nitrogens with two attached hydrogens (primary N) is 1. The zero-order valence-corrected chi connectivity index (χ0v) is 12.3. The third kappa shape index (κ3) is 4.35. The van der Waals surface area contributed by atoms with Crippen molar-refractivity contribution in [1.82, 2.24) is 4.90 Å². The van der Waals surface area contributed by atoms with Gasteiger partial charge in [0, 0.05) is 6.54 Å². The predicted octanol–water partition coefficient (Wildman–Crippen LogP) is 1.70. The van der Waals surface area contributed by atoms with E-state index in [1.807, 2.05) is 6.07 Å². The molecule has 0 amide bonds. The molecule has 1 saturated heterocycles. The summed E-state index contributed by atoms with van der Waals surface area (Å²) in [6.45, 7) is 4.21. The van der Waals surface area contributed by atoms with Crippen LogP contribution < -0.4 is 10.5 Å². The molecule has 0 spiro atoms. The summed E-state index contributed by atoms with van der Waals surface area (Å²) < 4.78 is 5.60. The number of hydrogen-bond acceptors (Lipinski definition) is 5. The van der Waals surface area contributed by atoms with Gasteiger partial charge in [-0.3, -0.25) is 4.90 Å². The number of rotatable bonds is 6. The molecule has 0 saturated carbocycles. The molecule has 0 radical (unpaired) electrons. The molecule has 114 valence electrons. The normalized spacial score (nSPS) is 16.6. The topological polar surface area (TPSA) is 82.5 Å². The number of likely N-dealkylation sites (tertiary alicyclic amines) is 1. The summed E-state index contributed by atoms with van der Waals surface area (Å²) in [5.41, 5.74) is 5.97. The van der Waals surface area contributed by atoms with Crippen LogP contribution in [0.1, 0.15) is 24.8 Å². The Hall–Kier alpha value is -1.77. The first-order chi connectivity index (χ1) is 10.2. The van der Waals surface area contributed by atoms with Crippen molar-refractivity contribution in [2.45, 2.75) is 19.3 Å². The highest BCUT2D eigenvalue weighted by Gasteiger charge is 2.18. The van der Waals surface area contributed by atoms with Crippen LogP contribution in [0.4, 0.5) is 0 Å². The van der Waals surface area contributed by atoms with Crippen molar-refractivity contribution in [2.24, 2.45) is 11.7 Å². The fourth-order valence-corrected chi connectivity index (χ4v) is 2.78. The predicted molar refractivity (Wildman–Crippen MR) is 81.2 cm³/mol. The number of nitrogens with zero attached hydrogens (tertiary/aromatic N) is 2. The number of piperidine rings is 1. The second kappa shape index (κ2) is 7.87. The summed E-state index contributed by atoms with van der Waals surface area (Å²) in [5.74, 6) is 1.07. The van der Waals surface area contributed by atoms with E-state index in [9.17, 15) is 5.11 Å². The maximum Gasteiger partial charge on any atom is 0.178 e. The number of para-hydroxylation sites is 1. The molecule has 2 rings (SSSR count). The minimum Gasteiger partial charge on any atom is -0.504 e. The zero-order chi connectivity index (χ0) is 15.1. The molecule has 21 heavy (non-hydrogen) atoms. The summed E-state index contributed by atoms with van der Waals surface area (Å²) >= 11 is 0. The molecule has 5 heteroatoms. The second-order valence-electron chi connectivity index (χ2n) is 5.48. The molecule has 3 N–H and O–H groups in total. The Morgan fingerprint density at radius 1 is 1.38 bits per heavy atom. The van der Waals surface area contributed by atoms with Crippen LogP contribution in [0.5, 0.6) is 11.5 Å². The van der Waals surface area contributed by atoms with Crippen molar-refractivity contribution in [3.05, 3.63) is 23.8 Å². The van der Waals surface area contributed by atoms with Gasteiger partial charge in [0.05, 0.1) is 5.56 Å². The van der Waals surface area contributed by atoms with Gasteiger partial charge in [-0.15, -0.1) is 0 Å². The van der Waals surface area contributed by atoms with Gasteiger partial charge in [-0.25, -0.2) is 0 Å². The van der Waals surface area contributed by atoms with Gasteiger partial charge in [0.15, 0.2) is 11.5 Å². The number of aromatic hydroxyl groups is 1. The minimum absolute atomic E-state index is 0.0238. The number of hydrogen-bond donors (Lipinski definition) is 2. The highest BCUT2D eigenvalue weighted by Crippen LogP contribution is 2.29. The van der Waals surface area contributed by atoms with E-state index in [0.29, 0.717) is 12.2 Å².